The highest BCUT2D eigenvalue weighted by molar-refractivity contribution is 6.30. The number of benzene rings is 4. The summed E-state index contributed by atoms with van der Waals surface area (Å²) in [5.74, 6) is 1.30. The van der Waals surface area contributed by atoms with Crippen LogP contribution in [0, 0.1) is 12.8 Å². The maximum atomic E-state index is 14.4. The van der Waals surface area contributed by atoms with Crippen LogP contribution in [0.2, 0.25) is 5.02 Å². The number of hydrogen-bond acceptors (Lipinski definition) is 5. The fourth-order valence-electron chi connectivity index (χ4n) is 6.53. The van der Waals surface area contributed by atoms with Crippen molar-refractivity contribution in [2.45, 2.75) is 65.5 Å². The van der Waals surface area contributed by atoms with Gasteiger partial charge in [-0.05, 0) is 85.2 Å². The van der Waals surface area contributed by atoms with Crippen molar-refractivity contribution in [2.75, 3.05) is 16.8 Å². The molecular formula is C40H41ClN2O4. The van der Waals surface area contributed by atoms with Crippen molar-refractivity contribution in [3.63, 3.8) is 0 Å². The highest BCUT2D eigenvalue weighted by Gasteiger charge is 2.42. The summed E-state index contributed by atoms with van der Waals surface area (Å²) in [5, 5.41) is 4.30. The zero-order valence-electron chi connectivity index (χ0n) is 27.4. The summed E-state index contributed by atoms with van der Waals surface area (Å²) in [5.41, 5.74) is 7.12. The Labute approximate surface area is 282 Å². The molecule has 1 aliphatic heterocycles. The Morgan fingerprint density at radius 2 is 1.64 bits per heavy atom. The fourth-order valence-corrected chi connectivity index (χ4v) is 6.65. The van der Waals surface area contributed by atoms with Crippen LogP contribution in [0.25, 0.3) is 0 Å². The Morgan fingerprint density at radius 1 is 0.915 bits per heavy atom. The highest BCUT2D eigenvalue weighted by atomic mass is 35.5. The molecule has 6 rings (SSSR count). The number of carbonyl (C=O) groups is 2. The van der Waals surface area contributed by atoms with E-state index in [9.17, 15) is 9.59 Å². The molecule has 0 spiro atoms. The Kier molecular flexibility index (Phi) is 9.69. The molecule has 1 amide bonds. The molecule has 1 N–H and O–H groups in total. The molecule has 0 fully saturated rings. The fraction of sp³-hybridized carbons (Fsp3) is 0.300. The minimum Gasteiger partial charge on any atom is -0.490 e. The van der Waals surface area contributed by atoms with E-state index >= 15 is 0 Å². The molecule has 2 atom stereocenters. The molecular weight excluding hydrogens is 608 g/mol. The molecule has 1 aliphatic carbocycles. The number of ketones is 1. The monoisotopic (exact) mass is 648 g/mol. The van der Waals surface area contributed by atoms with Crippen molar-refractivity contribution < 1.29 is 19.1 Å². The van der Waals surface area contributed by atoms with Crippen LogP contribution < -0.4 is 19.7 Å². The number of hydrogen-bond donors (Lipinski definition) is 1. The third-order valence-corrected chi connectivity index (χ3v) is 9.03. The first kappa shape index (κ1) is 32.4. The van der Waals surface area contributed by atoms with Crippen LogP contribution in [-0.2, 0) is 16.2 Å². The van der Waals surface area contributed by atoms with Gasteiger partial charge in [0.05, 0.1) is 24.0 Å². The number of nitrogens with one attached hydrogen (secondary N) is 1. The molecule has 1 heterocycles. The van der Waals surface area contributed by atoms with Crippen LogP contribution in [0.5, 0.6) is 11.5 Å². The van der Waals surface area contributed by atoms with E-state index in [1.807, 2.05) is 92.4 Å². The van der Waals surface area contributed by atoms with Crippen LogP contribution in [0.15, 0.2) is 102 Å². The van der Waals surface area contributed by atoms with Crippen molar-refractivity contribution in [3.05, 3.63) is 130 Å². The molecule has 0 saturated heterocycles. The molecule has 4 aromatic carbocycles. The maximum absolute atomic E-state index is 14.4. The van der Waals surface area contributed by atoms with E-state index in [-0.39, 0.29) is 23.5 Å². The number of carbonyl (C=O) groups excluding carboxylic acids is 2. The normalized spacial score (nSPS) is 17.5. The third-order valence-electron chi connectivity index (χ3n) is 8.78. The van der Waals surface area contributed by atoms with Crippen molar-refractivity contribution >= 4 is 34.7 Å². The number of Topliss-reactive ketones (excluding diaryl/α,β-unsaturated/α-hetero) is 1. The number of ether oxygens (including phenoxy) is 2. The largest absolute Gasteiger partial charge is 0.490 e. The van der Waals surface area contributed by atoms with Crippen LogP contribution in [0.4, 0.5) is 11.4 Å². The standard InChI is InChI=1S/C40H41ClN2O4/c1-5-46-37-23-29(16-19-36(37)47-24-27-12-17-31(41)18-13-27)40-39-33(21-30(22-35(39)44)28-14-10-26(4)11-15-28)42-32-8-6-7-9-34(32)43(40)38(45)20-25(2)3/h6-19,23,25,30,40,42H,5,20-22,24H2,1-4H3/t30-,40+/m1/s1. The van der Waals surface area contributed by atoms with Crippen LogP contribution in [-0.4, -0.2) is 18.3 Å². The summed E-state index contributed by atoms with van der Waals surface area (Å²) in [6.45, 7) is 8.84. The number of amides is 1. The van der Waals surface area contributed by atoms with Gasteiger partial charge in [0.1, 0.15) is 6.61 Å². The quantitative estimate of drug-likeness (QED) is 0.196. The lowest BCUT2D eigenvalue weighted by Crippen LogP contribution is -2.39. The molecule has 0 saturated carbocycles. The summed E-state index contributed by atoms with van der Waals surface area (Å²) in [6, 6.07) is 28.9. The topological polar surface area (TPSA) is 67.9 Å². The van der Waals surface area contributed by atoms with Gasteiger partial charge in [-0.25, -0.2) is 0 Å². The predicted molar refractivity (Wildman–Crippen MR) is 188 cm³/mol. The van der Waals surface area contributed by atoms with Gasteiger partial charge in [-0.3, -0.25) is 14.5 Å². The zero-order chi connectivity index (χ0) is 33.1. The van der Waals surface area contributed by atoms with Gasteiger partial charge in [-0.1, -0.05) is 85.6 Å². The second kappa shape index (κ2) is 14.1. The number of halogens is 1. The van der Waals surface area contributed by atoms with E-state index in [1.54, 1.807) is 0 Å². The van der Waals surface area contributed by atoms with Crippen LogP contribution >= 0.6 is 11.6 Å². The Hall–Kier alpha value is -4.55. The minimum atomic E-state index is -0.650. The first-order valence-electron chi connectivity index (χ1n) is 16.4. The Bertz CT molecular complexity index is 1800. The molecule has 0 bridgehead atoms. The molecule has 242 valence electrons. The molecule has 2 aliphatic rings. The Balaban J connectivity index is 1.47. The van der Waals surface area contributed by atoms with Gasteiger partial charge in [-0.2, -0.15) is 0 Å². The van der Waals surface area contributed by atoms with Gasteiger partial charge in [-0.15, -0.1) is 0 Å². The number of allylic oxidation sites excluding steroid dienone is 1. The minimum absolute atomic E-state index is 0.0303. The van der Waals surface area contributed by atoms with E-state index in [0.29, 0.717) is 54.6 Å². The predicted octanol–water partition coefficient (Wildman–Crippen LogP) is 9.57. The maximum Gasteiger partial charge on any atom is 0.228 e. The number of nitrogens with zero attached hydrogens (tertiary/aromatic N) is 1. The van der Waals surface area contributed by atoms with Gasteiger partial charge >= 0.3 is 0 Å². The van der Waals surface area contributed by atoms with Gasteiger partial charge < -0.3 is 14.8 Å². The summed E-state index contributed by atoms with van der Waals surface area (Å²) in [4.78, 5) is 30.5. The van der Waals surface area contributed by atoms with E-state index in [1.165, 1.54) is 5.56 Å². The summed E-state index contributed by atoms with van der Waals surface area (Å²) >= 11 is 6.07. The van der Waals surface area contributed by atoms with Gasteiger partial charge in [0.2, 0.25) is 5.91 Å². The average Bonchev–Trinajstić information content (AvgIpc) is 3.20. The summed E-state index contributed by atoms with van der Waals surface area (Å²) in [6.07, 6.45) is 1.36. The highest BCUT2D eigenvalue weighted by Crippen LogP contribution is 2.48. The first-order valence-corrected chi connectivity index (χ1v) is 16.7. The number of aryl methyl sites for hydroxylation is 1. The molecule has 4 aromatic rings. The first-order chi connectivity index (χ1) is 22.7. The number of anilines is 2. The number of rotatable bonds is 9. The molecule has 0 unspecified atom stereocenters. The molecule has 0 radical (unpaired) electrons. The summed E-state index contributed by atoms with van der Waals surface area (Å²) < 4.78 is 12.3. The lowest BCUT2D eigenvalue weighted by molar-refractivity contribution is -0.119. The van der Waals surface area contributed by atoms with Crippen molar-refractivity contribution in [3.8, 4) is 11.5 Å². The van der Waals surface area contributed by atoms with E-state index in [4.69, 9.17) is 21.1 Å². The lowest BCUT2D eigenvalue weighted by atomic mass is 9.78. The SMILES string of the molecule is CCOc1cc([C@H]2C3=C(C[C@@H](c4ccc(C)cc4)CC3=O)Nc3ccccc3N2C(=O)CC(C)C)ccc1OCc1ccc(Cl)cc1. The van der Waals surface area contributed by atoms with Crippen molar-refractivity contribution in [2.24, 2.45) is 5.92 Å². The van der Waals surface area contributed by atoms with Gasteiger partial charge in [0.15, 0.2) is 17.3 Å². The second-order valence-corrected chi connectivity index (χ2v) is 13.2. The van der Waals surface area contributed by atoms with Gasteiger partial charge in [0, 0.05) is 29.1 Å². The van der Waals surface area contributed by atoms with Crippen LogP contribution in [0.1, 0.15) is 74.2 Å². The number of para-hydroxylation sites is 2. The molecule has 7 heteroatoms. The van der Waals surface area contributed by atoms with Crippen molar-refractivity contribution in [1.29, 1.82) is 0 Å². The second-order valence-electron chi connectivity index (χ2n) is 12.8. The number of fused-ring (bicyclic) bond motifs is 1. The molecule has 0 aromatic heterocycles. The van der Waals surface area contributed by atoms with Crippen LogP contribution in [0.3, 0.4) is 0 Å². The third kappa shape index (κ3) is 7.08. The summed E-state index contributed by atoms with van der Waals surface area (Å²) in [7, 11) is 0. The van der Waals surface area contributed by atoms with Crippen molar-refractivity contribution in [1.82, 2.24) is 0 Å². The Morgan fingerprint density at radius 3 is 2.36 bits per heavy atom. The van der Waals surface area contributed by atoms with E-state index in [0.717, 1.165) is 33.8 Å². The zero-order valence-corrected chi connectivity index (χ0v) is 28.1. The molecule has 47 heavy (non-hydrogen) atoms. The van der Waals surface area contributed by atoms with E-state index < -0.39 is 6.04 Å². The van der Waals surface area contributed by atoms with Gasteiger partial charge in [0.25, 0.3) is 0 Å². The lowest BCUT2D eigenvalue weighted by Gasteiger charge is -2.35. The average molecular weight is 649 g/mol. The molecule has 6 nitrogen and oxygen atoms in total. The van der Waals surface area contributed by atoms with E-state index in [2.05, 4.69) is 36.5 Å². The smallest absolute Gasteiger partial charge is 0.228 e.